The van der Waals surface area contributed by atoms with Crippen LogP contribution in [-0.4, -0.2) is 45.3 Å². The molecule has 2 aromatic carbocycles. The standard InChI is InChI=1S/C24H25N5O3/c1-3-27(4-2)23-20-16-28(24(30)18-11-8-12-19(15-18)29(31)32)14-13-21(20)25-22(26-23)17-9-6-5-7-10-17/h5-12,15H,3-4,13-14,16H2,1-2H3. The van der Waals surface area contributed by atoms with E-state index in [0.717, 1.165) is 35.7 Å². The molecule has 1 aromatic heterocycles. The third-order valence-electron chi connectivity index (χ3n) is 5.72. The van der Waals surface area contributed by atoms with Crippen molar-refractivity contribution < 1.29 is 9.72 Å². The number of hydrogen-bond acceptors (Lipinski definition) is 6. The third-order valence-corrected chi connectivity index (χ3v) is 5.72. The van der Waals surface area contributed by atoms with Crippen LogP contribution in [0.5, 0.6) is 0 Å². The first kappa shape index (κ1) is 21.4. The predicted octanol–water partition coefficient (Wildman–Crippen LogP) is 4.10. The highest BCUT2D eigenvalue weighted by Crippen LogP contribution is 2.30. The number of nitrogens with zero attached hydrogens (tertiary/aromatic N) is 5. The van der Waals surface area contributed by atoms with E-state index in [0.29, 0.717) is 30.9 Å². The summed E-state index contributed by atoms with van der Waals surface area (Å²) < 4.78 is 0. The quantitative estimate of drug-likeness (QED) is 0.431. The lowest BCUT2D eigenvalue weighted by atomic mass is 10.0. The molecule has 1 amide bonds. The Kier molecular flexibility index (Phi) is 6.11. The van der Waals surface area contributed by atoms with Crippen LogP contribution >= 0.6 is 0 Å². The van der Waals surface area contributed by atoms with Crippen LogP contribution in [0.4, 0.5) is 11.5 Å². The molecule has 32 heavy (non-hydrogen) atoms. The van der Waals surface area contributed by atoms with Crippen molar-refractivity contribution in [2.45, 2.75) is 26.8 Å². The summed E-state index contributed by atoms with van der Waals surface area (Å²) in [5.41, 5.74) is 3.07. The van der Waals surface area contributed by atoms with Gasteiger partial charge in [-0.2, -0.15) is 0 Å². The topological polar surface area (TPSA) is 92.5 Å². The van der Waals surface area contributed by atoms with Gasteiger partial charge in [-0.25, -0.2) is 9.97 Å². The maximum absolute atomic E-state index is 13.1. The molecule has 0 bridgehead atoms. The van der Waals surface area contributed by atoms with E-state index < -0.39 is 4.92 Å². The third kappa shape index (κ3) is 4.16. The molecule has 0 N–H and O–H groups in total. The molecular formula is C24H25N5O3. The van der Waals surface area contributed by atoms with Gasteiger partial charge in [0.25, 0.3) is 11.6 Å². The zero-order chi connectivity index (χ0) is 22.7. The summed E-state index contributed by atoms with van der Waals surface area (Å²) in [4.78, 5) is 37.4. The molecule has 0 saturated carbocycles. The fourth-order valence-electron chi connectivity index (χ4n) is 4.01. The average molecular weight is 431 g/mol. The lowest BCUT2D eigenvalue weighted by Gasteiger charge is -2.32. The zero-order valence-corrected chi connectivity index (χ0v) is 18.2. The Morgan fingerprint density at radius 1 is 1.09 bits per heavy atom. The van der Waals surface area contributed by atoms with Gasteiger partial charge in [-0.1, -0.05) is 36.4 Å². The Bertz CT molecular complexity index is 1150. The highest BCUT2D eigenvalue weighted by atomic mass is 16.6. The summed E-state index contributed by atoms with van der Waals surface area (Å²) in [5.74, 6) is 1.30. The minimum absolute atomic E-state index is 0.0899. The van der Waals surface area contributed by atoms with E-state index >= 15 is 0 Å². The van der Waals surface area contributed by atoms with E-state index in [-0.39, 0.29) is 11.6 Å². The number of carbonyl (C=O) groups is 1. The molecule has 0 aliphatic carbocycles. The van der Waals surface area contributed by atoms with E-state index in [9.17, 15) is 14.9 Å². The molecular weight excluding hydrogens is 406 g/mol. The molecule has 0 radical (unpaired) electrons. The summed E-state index contributed by atoms with van der Waals surface area (Å²) in [6.07, 6.45) is 0.604. The zero-order valence-electron chi connectivity index (χ0n) is 18.2. The first-order valence-corrected chi connectivity index (χ1v) is 10.8. The Balaban J connectivity index is 1.71. The monoisotopic (exact) mass is 431 g/mol. The van der Waals surface area contributed by atoms with E-state index in [2.05, 4.69) is 18.7 Å². The van der Waals surface area contributed by atoms with E-state index in [4.69, 9.17) is 9.97 Å². The number of hydrogen-bond donors (Lipinski definition) is 0. The number of rotatable bonds is 6. The Morgan fingerprint density at radius 3 is 2.53 bits per heavy atom. The van der Waals surface area contributed by atoms with Crippen LogP contribution < -0.4 is 4.90 Å². The van der Waals surface area contributed by atoms with Gasteiger partial charge in [-0.3, -0.25) is 14.9 Å². The van der Waals surface area contributed by atoms with Gasteiger partial charge in [0.05, 0.1) is 17.2 Å². The normalized spacial score (nSPS) is 12.9. The molecule has 8 nitrogen and oxygen atoms in total. The van der Waals surface area contributed by atoms with E-state index in [1.807, 2.05) is 30.3 Å². The largest absolute Gasteiger partial charge is 0.357 e. The second kappa shape index (κ2) is 9.13. The minimum atomic E-state index is -0.486. The van der Waals surface area contributed by atoms with Gasteiger partial charge in [0, 0.05) is 54.9 Å². The van der Waals surface area contributed by atoms with Gasteiger partial charge in [0.15, 0.2) is 5.82 Å². The molecule has 3 aromatic rings. The van der Waals surface area contributed by atoms with E-state index in [1.165, 1.54) is 12.1 Å². The number of carbonyl (C=O) groups excluding carboxylic acids is 1. The molecule has 0 spiro atoms. The molecule has 8 heteroatoms. The minimum Gasteiger partial charge on any atom is -0.357 e. The summed E-state index contributed by atoms with van der Waals surface area (Å²) in [6, 6.07) is 15.8. The number of nitro benzene ring substituents is 1. The van der Waals surface area contributed by atoms with Crippen LogP contribution in [0.1, 0.15) is 35.5 Å². The number of amides is 1. The fourth-order valence-corrected chi connectivity index (χ4v) is 4.01. The number of nitro groups is 1. The van der Waals surface area contributed by atoms with Crippen LogP contribution in [-0.2, 0) is 13.0 Å². The summed E-state index contributed by atoms with van der Waals surface area (Å²) in [7, 11) is 0. The van der Waals surface area contributed by atoms with Gasteiger partial charge >= 0.3 is 0 Å². The Labute approximate surface area is 186 Å². The molecule has 164 valence electrons. The maximum Gasteiger partial charge on any atom is 0.270 e. The molecule has 2 heterocycles. The van der Waals surface area contributed by atoms with Gasteiger partial charge in [0.2, 0.25) is 0 Å². The van der Waals surface area contributed by atoms with Crippen LogP contribution in [0.2, 0.25) is 0 Å². The second-order valence-corrected chi connectivity index (χ2v) is 7.62. The first-order chi connectivity index (χ1) is 15.5. The van der Waals surface area contributed by atoms with Crippen molar-refractivity contribution in [3.63, 3.8) is 0 Å². The van der Waals surface area contributed by atoms with Gasteiger partial charge < -0.3 is 9.80 Å². The lowest BCUT2D eigenvalue weighted by molar-refractivity contribution is -0.384. The predicted molar refractivity (Wildman–Crippen MR) is 123 cm³/mol. The van der Waals surface area contributed by atoms with Crippen molar-refractivity contribution in [1.29, 1.82) is 0 Å². The van der Waals surface area contributed by atoms with Crippen molar-refractivity contribution >= 4 is 17.4 Å². The lowest BCUT2D eigenvalue weighted by Crippen LogP contribution is -2.38. The first-order valence-electron chi connectivity index (χ1n) is 10.8. The highest BCUT2D eigenvalue weighted by Gasteiger charge is 2.28. The van der Waals surface area contributed by atoms with Crippen LogP contribution in [0.25, 0.3) is 11.4 Å². The Hall–Kier alpha value is -3.81. The SMILES string of the molecule is CCN(CC)c1nc(-c2ccccc2)nc2c1CN(C(=O)c1cccc([N+](=O)[O-])c1)CC2. The maximum atomic E-state index is 13.1. The summed E-state index contributed by atoms with van der Waals surface area (Å²) in [6.45, 7) is 6.60. The Morgan fingerprint density at radius 2 is 1.84 bits per heavy atom. The van der Waals surface area contributed by atoms with Crippen molar-refractivity contribution in [3.05, 3.63) is 81.5 Å². The van der Waals surface area contributed by atoms with Gasteiger partial charge in [-0.15, -0.1) is 0 Å². The van der Waals surface area contributed by atoms with Gasteiger partial charge in [0.1, 0.15) is 5.82 Å². The molecule has 4 rings (SSSR count). The van der Waals surface area contributed by atoms with Crippen molar-refractivity contribution in [1.82, 2.24) is 14.9 Å². The molecule has 1 aliphatic rings. The van der Waals surface area contributed by atoms with Crippen molar-refractivity contribution in [3.8, 4) is 11.4 Å². The number of aromatic nitrogens is 2. The van der Waals surface area contributed by atoms with Crippen LogP contribution in [0.15, 0.2) is 54.6 Å². The molecule has 1 aliphatic heterocycles. The highest BCUT2D eigenvalue weighted by molar-refractivity contribution is 5.95. The van der Waals surface area contributed by atoms with Gasteiger partial charge in [-0.05, 0) is 19.9 Å². The molecule has 0 atom stereocenters. The smallest absolute Gasteiger partial charge is 0.270 e. The second-order valence-electron chi connectivity index (χ2n) is 7.62. The molecule has 0 unspecified atom stereocenters. The van der Waals surface area contributed by atoms with Crippen molar-refractivity contribution in [2.24, 2.45) is 0 Å². The molecule has 0 fully saturated rings. The number of benzene rings is 2. The summed E-state index contributed by atoms with van der Waals surface area (Å²) >= 11 is 0. The van der Waals surface area contributed by atoms with E-state index in [1.54, 1.807) is 17.0 Å². The van der Waals surface area contributed by atoms with Crippen LogP contribution in [0, 0.1) is 10.1 Å². The number of anilines is 1. The van der Waals surface area contributed by atoms with Crippen LogP contribution in [0.3, 0.4) is 0 Å². The molecule has 0 saturated heterocycles. The summed E-state index contributed by atoms with van der Waals surface area (Å²) in [5, 5.41) is 11.1. The number of non-ortho nitro benzene ring substituents is 1. The fraction of sp³-hybridized carbons (Fsp3) is 0.292. The average Bonchev–Trinajstić information content (AvgIpc) is 2.84. The van der Waals surface area contributed by atoms with Crippen molar-refractivity contribution in [2.75, 3.05) is 24.5 Å². The number of fused-ring (bicyclic) bond motifs is 1.